The minimum Gasteiger partial charge on any atom is -0.469 e. The molecule has 1 heterocycles. The average Bonchev–Trinajstić information content (AvgIpc) is 2.85. The van der Waals surface area contributed by atoms with Crippen LogP contribution in [0.25, 0.3) is 0 Å². The van der Waals surface area contributed by atoms with Gasteiger partial charge in [-0.2, -0.15) is 0 Å². The number of esters is 1. The first-order chi connectivity index (χ1) is 9.97. The third kappa shape index (κ3) is 3.95. The molecule has 0 aliphatic rings. The summed E-state index contributed by atoms with van der Waals surface area (Å²) in [6.07, 6.45) is 1.40. The minimum atomic E-state index is -0.580. The van der Waals surface area contributed by atoms with E-state index in [2.05, 4.69) is 21.2 Å². The van der Waals surface area contributed by atoms with Crippen molar-refractivity contribution in [3.8, 4) is 0 Å². The Morgan fingerprint density at radius 1 is 1.29 bits per heavy atom. The number of rotatable bonds is 4. The van der Waals surface area contributed by atoms with Crippen LogP contribution in [0.15, 0.2) is 39.4 Å². The summed E-state index contributed by atoms with van der Waals surface area (Å²) >= 11 is 3.35. The highest BCUT2D eigenvalue weighted by atomic mass is 79.9. The number of anilines is 1. The highest BCUT2D eigenvalue weighted by Gasteiger charge is 2.15. The Morgan fingerprint density at radius 2 is 2.05 bits per heavy atom. The van der Waals surface area contributed by atoms with E-state index in [1.807, 2.05) is 19.1 Å². The smallest absolute Gasteiger partial charge is 0.342 e. The Morgan fingerprint density at radius 3 is 2.67 bits per heavy atom. The first kappa shape index (κ1) is 15.3. The second kappa shape index (κ2) is 6.58. The minimum absolute atomic E-state index is 0.322. The molecule has 1 aromatic heterocycles. The van der Waals surface area contributed by atoms with Gasteiger partial charge in [0.2, 0.25) is 0 Å². The Kier molecular flexibility index (Phi) is 4.80. The first-order valence-electron chi connectivity index (χ1n) is 6.24. The van der Waals surface area contributed by atoms with Crippen molar-refractivity contribution in [1.29, 1.82) is 0 Å². The van der Waals surface area contributed by atoms with Crippen molar-refractivity contribution in [2.75, 3.05) is 11.9 Å². The van der Waals surface area contributed by atoms with Crippen molar-refractivity contribution in [3.05, 3.63) is 51.9 Å². The number of nitrogens with one attached hydrogen (secondary N) is 1. The number of benzene rings is 1. The number of halogens is 1. The van der Waals surface area contributed by atoms with Gasteiger partial charge < -0.3 is 14.5 Å². The lowest BCUT2D eigenvalue weighted by atomic mass is 10.2. The number of aryl methyl sites for hydroxylation is 2. The van der Waals surface area contributed by atoms with Gasteiger partial charge >= 0.3 is 5.97 Å². The zero-order chi connectivity index (χ0) is 15.4. The standard InChI is InChI=1S/C15H14BrNO4/c1-9-7-11(16)3-4-13(9)17-14(18)8-21-15(19)12-5-6-20-10(12)2/h3-7H,8H2,1-2H3,(H,17,18). The van der Waals surface area contributed by atoms with Crippen LogP contribution in [0.1, 0.15) is 21.7 Å². The molecule has 21 heavy (non-hydrogen) atoms. The molecule has 5 nitrogen and oxygen atoms in total. The van der Waals surface area contributed by atoms with Crippen LogP contribution in [0, 0.1) is 13.8 Å². The zero-order valence-electron chi connectivity index (χ0n) is 11.6. The fraction of sp³-hybridized carbons (Fsp3) is 0.200. The van der Waals surface area contributed by atoms with E-state index in [0.29, 0.717) is 17.0 Å². The molecule has 2 aromatic rings. The molecule has 0 aliphatic heterocycles. The molecular formula is C15H14BrNO4. The first-order valence-corrected chi connectivity index (χ1v) is 7.04. The molecule has 0 spiro atoms. The van der Waals surface area contributed by atoms with Crippen molar-refractivity contribution in [1.82, 2.24) is 0 Å². The van der Waals surface area contributed by atoms with Gasteiger partial charge in [0.1, 0.15) is 11.3 Å². The van der Waals surface area contributed by atoms with Gasteiger partial charge in [0.05, 0.1) is 6.26 Å². The summed E-state index contributed by atoms with van der Waals surface area (Å²) < 4.78 is 10.9. The van der Waals surface area contributed by atoms with Crippen LogP contribution < -0.4 is 5.32 Å². The van der Waals surface area contributed by atoms with Gasteiger partial charge in [-0.25, -0.2) is 4.79 Å². The molecule has 2 rings (SSSR count). The summed E-state index contributed by atoms with van der Waals surface area (Å²) in [7, 11) is 0. The van der Waals surface area contributed by atoms with Crippen molar-refractivity contribution in [2.45, 2.75) is 13.8 Å². The predicted octanol–water partition coefficient (Wildman–Crippen LogP) is 3.45. The quantitative estimate of drug-likeness (QED) is 0.856. The van der Waals surface area contributed by atoms with E-state index in [0.717, 1.165) is 10.0 Å². The van der Waals surface area contributed by atoms with Crippen LogP contribution >= 0.6 is 15.9 Å². The lowest BCUT2D eigenvalue weighted by Crippen LogP contribution is -2.21. The summed E-state index contributed by atoms with van der Waals surface area (Å²) in [5.41, 5.74) is 1.91. The van der Waals surface area contributed by atoms with Crippen molar-refractivity contribution >= 4 is 33.5 Å². The molecule has 1 aromatic carbocycles. The van der Waals surface area contributed by atoms with Crippen LogP contribution in [-0.2, 0) is 9.53 Å². The number of carbonyl (C=O) groups is 2. The normalized spacial score (nSPS) is 10.2. The van der Waals surface area contributed by atoms with E-state index in [-0.39, 0.29) is 6.61 Å². The molecular weight excluding hydrogens is 338 g/mol. The van der Waals surface area contributed by atoms with Crippen LogP contribution in [0.3, 0.4) is 0 Å². The Hall–Kier alpha value is -2.08. The monoisotopic (exact) mass is 351 g/mol. The van der Waals surface area contributed by atoms with E-state index >= 15 is 0 Å². The Balaban J connectivity index is 1.90. The summed E-state index contributed by atoms with van der Waals surface area (Å²) in [5, 5.41) is 2.69. The second-order valence-corrected chi connectivity index (χ2v) is 5.39. The maximum atomic E-state index is 11.8. The van der Waals surface area contributed by atoms with E-state index in [1.165, 1.54) is 12.3 Å². The molecule has 0 fully saturated rings. The summed E-state index contributed by atoms with van der Waals surface area (Å²) in [4.78, 5) is 23.5. The van der Waals surface area contributed by atoms with Crippen LogP contribution in [0.2, 0.25) is 0 Å². The zero-order valence-corrected chi connectivity index (χ0v) is 13.2. The topological polar surface area (TPSA) is 68.5 Å². The number of carbonyl (C=O) groups excluding carboxylic acids is 2. The maximum Gasteiger partial charge on any atom is 0.342 e. The fourth-order valence-electron chi connectivity index (χ4n) is 1.76. The molecule has 0 saturated heterocycles. The number of amides is 1. The largest absolute Gasteiger partial charge is 0.469 e. The molecule has 6 heteroatoms. The van der Waals surface area contributed by atoms with E-state index in [9.17, 15) is 9.59 Å². The molecule has 1 N–H and O–H groups in total. The van der Waals surface area contributed by atoms with Gasteiger partial charge in [-0.1, -0.05) is 15.9 Å². The third-order valence-corrected chi connectivity index (χ3v) is 3.37. The molecule has 0 unspecified atom stereocenters. The average molecular weight is 352 g/mol. The van der Waals surface area contributed by atoms with Gasteiger partial charge in [-0.15, -0.1) is 0 Å². The number of hydrogen-bond donors (Lipinski definition) is 1. The van der Waals surface area contributed by atoms with Crippen molar-refractivity contribution < 1.29 is 18.7 Å². The molecule has 0 bridgehead atoms. The lowest BCUT2D eigenvalue weighted by molar-refractivity contribution is -0.119. The van der Waals surface area contributed by atoms with Gasteiger partial charge in [-0.05, 0) is 43.7 Å². The van der Waals surface area contributed by atoms with Gasteiger partial charge in [-0.3, -0.25) is 4.79 Å². The van der Waals surface area contributed by atoms with Gasteiger partial charge in [0, 0.05) is 10.2 Å². The highest BCUT2D eigenvalue weighted by Crippen LogP contribution is 2.20. The van der Waals surface area contributed by atoms with Crippen LogP contribution in [0.4, 0.5) is 5.69 Å². The Labute approximate surface area is 130 Å². The summed E-state index contributed by atoms with van der Waals surface area (Å²) in [5.74, 6) is -0.511. The van der Waals surface area contributed by atoms with Gasteiger partial charge in [0.25, 0.3) is 5.91 Å². The molecule has 0 radical (unpaired) electrons. The summed E-state index contributed by atoms with van der Waals surface area (Å²) in [6, 6.07) is 6.99. The van der Waals surface area contributed by atoms with Crippen LogP contribution in [0.5, 0.6) is 0 Å². The molecule has 0 saturated carbocycles. The number of furan rings is 1. The van der Waals surface area contributed by atoms with Gasteiger partial charge in [0.15, 0.2) is 6.61 Å². The van der Waals surface area contributed by atoms with Crippen molar-refractivity contribution in [3.63, 3.8) is 0 Å². The van der Waals surface area contributed by atoms with Crippen LogP contribution in [-0.4, -0.2) is 18.5 Å². The molecule has 110 valence electrons. The SMILES string of the molecule is Cc1cc(Br)ccc1NC(=O)COC(=O)c1ccoc1C. The summed E-state index contributed by atoms with van der Waals surface area (Å²) in [6.45, 7) is 3.18. The fourth-order valence-corrected chi connectivity index (χ4v) is 2.23. The maximum absolute atomic E-state index is 11.8. The second-order valence-electron chi connectivity index (χ2n) is 4.47. The van der Waals surface area contributed by atoms with E-state index < -0.39 is 11.9 Å². The molecule has 1 amide bonds. The highest BCUT2D eigenvalue weighted by molar-refractivity contribution is 9.10. The lowest BCUT2D eigenvalue weighted by Gasteiger charge is -2.09. The number of hydrogen-bond acceptors (Lipinski definition) is 4. The number of ether oxygens (including phenoxy) is 1. The third-order valence-electron chi connectivity index (χ3n) is 2.88. The van der Waals surface area contributed by atoms with E-state index in [1.54, 1.807) is 13.0 Å². The van der Waals surface area contributed by atoms with E-state index in [4.69, 9.17) is 9.15 Å². The Bertz CT molecular complexity index is 678. The predicted molar refractivity (Wildman–Crippen MR) is 81.2 cm³/mol. The van der Waals surface area contributed by atoms with Crippen molar-refractivity contribution in [2.24, 2.45) is 0 Å². The molecule has 0 atom stereocenters. The molecule has 0 aliphatic carbocycles.